The molecule has 140 valence electrons. The van der Waals surface area contributed by atoms with Crippen LogP contribution in [-0.2, 0) is 19.1 Å². The number of hydrogen-bond donors (Lipinski definition) is 0. The third-order valence-corrected chi connectivity index (χ3v) is 6.06. The van der Waals surface area contributed by atoms with Crippen molar-refractivity contribution >= 4 is 11.9 Å². The van der Waals surface area contributed by atoms with Crippen molar-refractivity contribution in [3.8, 4) is 0 Å². The van der Waals surface area contributed by atoms with Crippen molar-refractivity contribution in [2.24, 2.45) is 10.8 Å². The number of esters is 2. The highest BCUT2D eigenvalue weighted by molar-refractivity contribution is 5.91. The molecule has 0 radical (unpaired) electrons. The first-order valence-corrected chi connectivity index (χ1v) is 10.2. The molecule has 2 bridgehead atoms. The average molecular weight is 348 g/mol. The quantitative estimate of drug-likeness (QED) is 0.470. The van der Waals surface area contributed by atoms with Crippen molar-refractivity contribution in [1.29, 1.82) is 0 Å². The summed E-state index contributed by atoms with van der Waals surface area (Å²) in [7, 11) is 0. The Balaban J connectivity index is 1.44. The molecule has 6 aliphatic rings. The van der Waals surface area contributed by atoms with E-state index in [4.69, 9.17) is 9.47 Å². The molecule has 0 spiro atoms. The maximum Gasteiger partial charge on any atom is 0.312 e. The summed E-state index contributed by atoms with van der Waals surface area (Å²) in [6.07, 6.45) is 17.8. The lowest BCUT2D eigenvalue weighted by atomic mass is 9.35. The molecule has 0 atom stereocenters. The number of carbonyl (C=O) groups is 2. The second-order valence-corrected chi connectivity index (χ2v) is 8.24. The molecule has 3 saturated carbocycles. The summed E-state index contributed by atoms with van der Waals surface area (Å²) in [6, 6.07) is 0. The molecule has 4 heteroatoms. The van der Waals surface area contributed by atoms with Crippen molar-refractivity contribution < 1.29 is 19.1 Å². The van der Waals surface area contributed by atoms with Gasteiger partial charge in [0.05, 0.1) is 24.0 Å². The van der Waals surface area contributed by atoms with Crippen molar-refractivity contribution in [2.45, 2.75) is 83.5 Å². The molecule has 0 unspecified atom stereocenters. The Morgan fingerprint density at radius 1 is 0.600 bits per heavy atom. The van der Waals surface area contributed by atoms with Gasteiger partial charge in [0.2, 0.25) is 0 Å². The lowest BCUT2D eigenvalue weighted by molar-refractivity contribution is -0.237. The first kappa shape index (κ1) is 18.5. The van der Waals surface area contributed by atoms with E-state index in [9.17, 15) is 9.59 Å². The van der Waals surface area contributed by atoms with Gasteiger partial charge < -0.3 is 9.47 Å². The highest BCUT2D eigenvalue weighted by atomic mass is 16.5. The zero-order chi connectivity index (χ0) is 17.6. The van der Waals surface area contributed by atoms with Gasteiger partial charge in [-0.3, -0.25) is 9.59 Å². The fourth-order valence-electron chi connectivity index (χ4n) is 4.53. The van der Waals surface area contributed by atoms with Crippen molar-refractivity contribution in [1.82, 2.24) is 0 Å². The van der Waals surface area contributed by atoms with E-state index in [1.54, 1.807) is 0 Å². The first-order valence-electron chi connectivity index (χ1n) is 10.2. The normalized spacial score (nSPS) is 36.6. The van der Waals surface area contributed by atoms with Crippen LogP contribution in [0.1, 0.15) is 83.5 Å². The van der Waals surface area contributed by atoms with Crippen LogP contribution >= 0.6 is 0 Å². The summed E-state index contributed by atoms with van der Waals surface area (Å²) in [4.78, 5) is 24.5. The fraction of sp³-hybridized carbons (Fsp3) is 0.810. The summed E-state index contributed by atoms with van der Waals surface area (Å²) in [6.45, 7) is 1.04. The SMILES string of the molecule is O=C1OCCCCCC/C=C/CCCCCCOC(=O)C23CC1(C2)C3. The van der Waals surface area contributed by atoms with E-state index in [1.807, 2.05) is 0 Å². The molecule has 0 amide bonds. The van der Waals surface area contributed by atoms with Gasteiger partial charge in [-0.25, -0.2) is 0 Å². The second kappa shape index (κ2) is 8.37. The molecule has 3 fully saturated rings. The molecule has 3 heterocycles. The van der Waals surface area contributed by atoms with Gasteiger partial charge in [-0.2, -0.15) is 0 Å². The van der Waals surface area contributed by atoms with Crippen LogP contribution in [0, 0.1) is 10.8 Å². The molecular formula is C21H32O4. The minimum atomic E-state index is -0.359. The summed E-state index contributed by atoms with van der Waals surface area (Å²) in [5, 5.41) is 0. The standard InChI is InChI=1S/C21H32O4/c22-18-20-15-21(16-20,17-20)19(23)25-14-12-10-8-6-4-2-1-3-5-7-9-11-13-24-18/h1-2H,3-17H2/b2-1+. The molecule has 3 aliphatic heterocycles. The monoisotopic (exact) mass is 348 g/mol. The largest absolute Gasteiger partial charge is 0.465 e. The van der Waals surface area contributed by atoms with Crippen LogP contribution in [0.5, 0.6) is 0 Å². The zero-order valence-electron chi connectivity index (χ0n) is 15.4. The van der Waals surface area contributed by atoms with Crippen molar-refractivity contribution in [2.75, 3.05) is 13.2 Å². The second-order valence-electron chi connectivity index (χ2n) is 8.24. The Morgan fingerprint density at radius 2 is 1.00 bits per heavy atom. The van der Waals surface area contributed by atoms with Gasteiger partial charge in [0.25, 0.3) is 0 Å². The topological polar surface area (TPSA) is 52.6 Å². The summed E-state index contributed by atoms with van der Waals surface area (Å²) < 4.78 is 10.9. The highest BCUT2D eigenvalue weighted by Crippen LogP contribution is 2.74. The van der Waals surface area contributed by atoms with Gasteiger partial charge >= 0.3 is 11.9 Å². The number of ether oxygens (including phenoxy) is 2. The summed E-state index contributed by atoms with van der Waals surface area (Å²) in [5.41, 5.74) is -0.717. The number of carbonyl (C=O) groups excluding carboxylic acids is 2. The van der Waals surface area contributed by atoms with Crippen LogP contribution in [0.4, 0.5) is 0 Å². The number of hydrogen-bond acceptors (Lipinski definition) is 4. The molecule has 0 aromatic rings. The zero-order valence-corrected chi connectivity index (χ0v) is 15.4. The number of rotatable bonds is 0. The molecule has 0 N–H and O–H groups in total. The van der Waals surface area contributed by atoms with Gasteiger partial charge in [-0.05, 0) is 57.8 Å². The summed E-state index contributed by atoms with van der Waals surface area (Å²) >= 11 is 0. The maximum atomic E-state index is 12.2. The van der Waals surface area contributed by atoms with E-state index in [0.717, 1.165) is 38.5 Å². The third-order valence-electron chi connectivity index (χ3n) is 6.06. The predicted molar refractivity (Wildman–Crippen MR) is 95.9 cm³/mol. The van der Waals surface area contributed by atoms with Crippen LogP contribution in [0.25, 0.3) is 0 Å². The van der Waals surface area contributed by atoms with E-state index in [1.165, 1.54) is 25.7 Å². The van der Waals surface area contributed by atoms with E-state index < -0.39 is 0 Å². The predicted octanol–water partition coefficient (Wildman–Crippen LogP) is 4.71. The minimum absolute atomic E-state index is 0.0870. The van der Waals surface area contributed by atoms with E-state index in [0.29, 0.717) is 32.5 Å². The van der Waals surface area contributed by atoms with E-state index in [2.05, 4.69) is 12.2 Å². The minimum Gasteiger partial charge on any atom is -0.465 e. The third kappa shape index (κ3) is 4.27. The van der Waals surface area contributed by atoms with Crippen LogP contribution < -0.4 is 0 Å². The molecule has 0 aromatic carbocycles. The number of allylic oxidation sites excluding steroid dienone is 2. The van der Waals surface area contributed by atoms with Crippen LogP contribution in [0.15, 0.2) is 12.2 Å². The first-order chi connectivity index (χ1) is 12.2. The summed E-state index contributed by atoms with van der Waals surface area (Å²) in [5.74, 6) is -0.174. The maximum absolute atomic E-state index is 12.2. The molecule has 3 aliphatic carbocycles. The molecule has 0 aromatic heterocycles. The highest BCUT2D eigenvalue weighted by Gasteiger charge is 2.76. The molecular weight excluding hydrogens is 316 g/mol. The van der Waals surface area contributed by atoms with Gasteiger partial charge in [0.15, 0.2) is 0 Å². The Bertz CT molecular complexity index is 446. The van der Waals surface area contributed by atoms with Gasteiger partial charge in [0, 0.05) is 0 Å². The van der Waals surface area contributed by atoms with Crippen molar-refractivity contribution in [3.05, 3.63) is 12.2 Å². The van der Waals surface area contributed by atoms with Crippen LogP contribution in [0.2, 0.25) is 0 Å². The molecule has 0 saturated heterocycles. The smallest absolute Gasteiger partial charge is 0.312 e. The van der Waals surface area contributed by atoms with E-state index >= 15 is 0 Å². The fourth-order valence-corrected chi connectivity index (χ4v) is 4.53. The Kier molecular flexibility index (Phi) is 6.19. The molecule has 4 nitrogen and oxygen atoms in total. The van der Waals surface area contributed by atoms with Crippen LogP contribution in [-0.4, -0.2) is 25.2 Å². The lowest BCUT2D eigenvalue weighted by Crippen LogP contribution is -2.69. The van der Waals surface area contributed by atoms with Gasteiger partial charge in [-0.1, -0.05) is 37.8 Å². The molecule has 6 rings (SSSR count). The van der Waals surface area contributed by atoms with Gasteiger partial charge in [0.1, 0.15) is 0 Å². The molecule has 25 heavy (non-hydrogen) atoms. The Morgan fingerprint density at radius 3 is 1.44 bits per heavy atom. The van der Waals surface area contributed by atoms with Crippen LogP contribution in [0.3, 0.4) is 0 Å². The Labute approximate surface area is 151 Å². The Hall–Kier alpha value is -1.32. The van der Waals surface area contributed by atoms with Crippen molar-refractivity contribution in [3.63, 3.8) is 0 Å². The van der Waals surface area contributed by atoms with Gasteiger partial charge in [-0.15, -0.1) is 0 Å². The van der Waals surface area contributed by atoms with E-state index in [-0.39, 0.29) is 22.8 Å². The average Bonchev–Trinajstić information content (AvgIpc) is 2.51. The lowest BCUT2D eigenvalue weighted by Gasteiger charge is -2.66.